The molecule has 1 aromatic carbocycles. The molecule has 2 unspecified atom stereocenters. The van der Waals surface area contributed by atoms with Crippen LogP contribution in [0.15, 0.2) is 29.1 Å². The van der Waals surface area contributed by atoms with Gasteiger partial charge in [-0.2, -0.15) is 0 Å². The summed E-state index contributed by atoms with van der Waals surface area (Å²) >= 11 is 6.01. The normalized spacial score (nSPS) is 23.1. The van der Waals surface area contributed by atoms with E-state index in [9.17, 15) is 4.79 Å². The molecule has 0 bridgehead atoms. The van der Waals surface area contributed by atoms with Gasteiger partial charge in [-0.25, -0.2) is 4.98 Å². The predicted molar refractivity (Wildman–Crippen MR) is 79.2 cm³/mol. The quantitative estimate of drug-likeness (QED) is 0.800. The highest BCUT2D eigenvalue weighted by Crippen LogP contribution is 2.25. The molecule has 4 nitrogen and oxygen atoms in total. The van der Waals surface area contributed by atoms with Crippen molar-refractivity contribution in [2.75, 3.05) is 6.61 Å². The van der Waals surface area contributed by atoms with E-state index in [0.29, 0.717) is 23.3 Å². The smallest absolute Gasteiger partial charge is 0.261 e. The lowest BCUT2D eigenvalue weighted by Crippen LogP contribution is -2.34. The summed E-state index contributed by atoms with van der Waals surface area (Å²) in [6.45, 7) is 2.71. The van der Waals surface area contributed by atoms with Crippen molar-refractivity contribution >= 4 is 22.5 Å². The fraction of sp³-hybridized carbons (Fsp3) is 0.467. The highest BCUT2D eigenvalue weighted by atomic mass is 35.5. The first-order valence-electron chi connectivity index (χ1n) is 6.88. The van der Waals surface area contributed by atoms with Crippen LogP contribution in [0.5, 0.6) is 0 Å². The molecule has 0 aliphatic carbocycles. The number of aromatic nitrogens is 2. The molecule has 106 valence electrons. The van der Waals surface area contributed by atoms with E-state index in [2.05, 4.69) is 4.98 Å². The Balaban J connectivity index is 2.18. The summed E-state index contributed by atoms with van der Waals surface area (Å²) in [6, 6.07) is 7.54. The van der Waals surface area contributed by atoms with Crippen molar-refractivity contribution in [3.8, 4) is 0 Å². The Kier molecular flexibility index (Phi) is 3.76. The minimum Gasteiger partial charge on any atom is -0.378 e. The molecule has 1 aromatic heterocycles. The number of ether oxygens (including phenoxy) is 1. The fourth-order valence-corrected chi connectivity index (χ4v) is 3.06. The van der Waals surface area contributed by atoms with Gasteiger partial charge in [-0.1, -0.05) is 12.1 Å². The number of fused-ring (bicyclic) bond motifs is 1. The molecule has 0 spiro atoms. The van der Waals surface area contributed by atoms with E-state index in [-0.39, 0.29) is 23.6 Å². The van der Waals surface area contributed by atoms with Crippen molar-refractivity contribution < 1.29 is 4.74 Å². The lowest BCUT2D eigenvalue weighted by molar-refractivity contribution is 0.00474. The number of nitrogens with zero attached hydrogens (tertiary/aromatic N) is 2. The third-order valence-electron chi connectivity index (χ3n) is 3.82. The summed E-state index contributed by atoms with van der Waals surface area (Å²) in [5.41, 5.74) is 0.717. The lowest BCUT2D eigenvalue weighted by Gasteiger charge is -2.30. The van der Waals surface area contributed by atoms with Gasteiger partial charge < -0.3 is 4.74 Å². The molecule has 2 aromatic rings. The van der Waals surface area contributed by atoms with Gasteiger partial charge in [0.15, 0.2) is 0 Å². The number of hydrogen-bond acceptors (Lipinski definition) is 3. The standard InChI is InChI=1S/C15H17ClN2O2/c1-10-8-11(6-7-20-10)18-14(9-16)17-13-5-3-2-4-12(13)15(18)19/h2-5,10-11H,6-9H2,1H3. The van der Waals surface area contributed by atoms with Crippen LogP contribution in [0.4, 0.5) is 0 Å². The van der Waals surface area contributed by atoms with Crippen molar-refractivity contribution in [2.24, 2.45) is 0 Å². The van der Waals surface area contributed by atoms with E-state index < -0.39 is 0 Å². The lowest BCUT2D eigenvalue weighted by atomic mass is 10.0. The van der Waals surface area contributed by atoms with Crippen molar-refractivity contribution in [3.63, 3.8) is 0 Å². The molecule has 2 heterocycles. The van der Waals surface area contributed by atoms with E-state index >= 15 is 0 Å². The van der Waals surface area contributed by atoms with Crippen LogP contribution in [0.25, 0.3) is 10.9 Å². The van der Waals surface area contributed by atoms with E-state index in [1.165, 1.54) is 0 Å². The highest BCUT2D eigenvalue weighted by molar-refractivity contribution is 6.16. The monoisotopic (exact) mass is 292 g/mol. The molecule has 0 N–H and O–H groups in total. The minimum absolute atomic E-state index is 0.00495. The van der Waals surface area contributed by atoms with Crippen LogP contribution in [0.3, 0.4) is 0 Å². The zero-order chi connectivity index (χ0) is 14.1. The maximum atomic E-state index is 12.7. The molecule has 1 aliphatic rings. The van der Waals surface area contributed by atoms with Crippen LogP contribution in [0.1, 0.15) is 31.6 Å². The van der Waals surface area contributed by atoms with Crippen molar-refractivity contribution in [1.29, 1.82) is 0 Å². The second-order valence-electron chi connectivity index (χ2n) is 5.21. The number of para-hydroxylation sites is 1. The number of alkyl halides is 1. The minimum atomic E-state index is 0.00495. The van der Waals surface area contributed by atoms with Gasteiger partial charge in [0.1, 0.15) is 5.82 Å². The molecule has 1 fully saturated rings. The molecule has 0 radical (unpaired) electrons. The maximum absolute atomic E-state index is 12.7. The first-order chi connectivity index (χ1) is 9.70. The summed E-state index contributed by atoms with van der Waals surface area (Å²) in [5.74, 6) is 0.890. The van der Waals surface area contributed by atoms with Crippen LogP contribution >= 0.6 is 11.6 Å². The zero-order valence-electron chi connectivity index (χ0n) is 11.4. The predicted octanol–water partition coefficient (Wildman–Crippen LogP) is 2.88. The molecule has 0 saturated carbocycles. The Labute approximate surface area is 122 Å². The van der Waals surface area contributed by atoms with Gasteiger partial charge in [0.2, 0.25) is 0 Å². The van der Waals surface area contributed by atoms with E-state index in [1.807, 2.05) is 31.2 Å². The molecule has 0 amide bonds. The number of halogens is 1. The average molecular weight is 293 g/mol. The molecule has 20 heavy (non-hydrogen) atoms. The Bertz CT molecular complexity index is 683. The number of rotatable bonds is 2. The van der Waals surface area contributed by atoms with Gasteiger partial charge in [0.05, 0.1) is 22.9 Å². The molecular formula is C15H17ClN2O2. The van der Waals surface area contributed by atoms with Gasteiger partial charge >= 0.3 is 0 Å². The largest absolute Gasteiger partial charge is 0.378 e. The third kappa shape index (κ3) is 2.34. The van der Waals surface area contributed by atoms with Crippen LogP contribution in [-0.4, -0.2) is 22.3 Å². The van der Waals surface area contributed by atoms with Crippen LogP contribution < -0.4 is 5.56 Å². The Morgan fingerprint density at radius 2 is 2.25 bits per heavy atom. The second kappa shape index (κ2) is 5.54. The van der Waals surface area contributed by atoms with Gasteiger partial charge in [-0.15, -0.1) is 11.6 Å². The summed E-state index contributed by atoms with van der Waals surface area (Å²) < 4.78 is 7.33. The number of hydrogen-bond donors (Lipinski definition) is 0. The maximum Gasteiger partial charge on any atom is 0.261 e. The fourth-order valence-electron chi connectivity index (χ4n) is 2.87. The zero-order valence-corrected chi connectivity index (χ0v) is 12.1. The van der Waals surface area contributed by atoms with Gasteiger partial charge in [-0.05, 0) is 31.9 Å². The van der Waals surface area contributed by atoms with Crippen molar-refractivity contribution in [3.05, 3.63) is 40.4 Å². The Morgan fingerprint density at radius 3 is 3.00 bits per heavy atom. The molecular weight excluding hydrogens is 276 g/mol. The first-order valence-corrected chi connectivity index (χ1v) is 7.42. The first kappa shape index (κ1) is 13.6. The number of benzene rings is 1. The SMILES string of the molecule is CC1CC(n2c(CCl)nc3ccccc3c2=O)CCO1. The Hall–Kier alpha value is -1.39. The van der Waals surface area contributed by atoms with Gasteiger partial charge in [0.25, 0.3) is 5.56 Å². The molecule has 1 saturated heterocycles. The van der Waals surface area contributed by atoms with Crippen LogP contribution in [0, 0.1) is 0 Å². The van der Waals surface area contributed by atoms with E-state index in [4.69, 9.17) is 16.3 Å². The summed E-state index contributed by atoms with van der Waals surface area (Å²) in [6.07, 6.45) is 1.81. The highest BCUT2D eigenvalue weighted by Gasteiger charge is 2.24. The van der Waals surface area contributed by atoms with Crippen LogP contribution in [-0.2, 0) is 10.6 Å². The van der Waals surface area contributed by atoms with Crippen LogP contribution in [0.2, 0.25) is 0 Å². The average Bonchev–Trinajstić information content (AvgIpc) is 2.47. The van der Waals surface area contributed by atoms with Crippen molar-refractivity contribution in [2.45, 2.75) is 37.8 Å². The van der Waals surface area contributed by atoms with Crippen molar-refractivity contribution in [1.82, 2.24) is 9.55 Å². The van der Waals surface area contributed by atoms with Gasteiger partial charge in [0, 0.05) is 12.6 Å². The third-order valence-corrected chi connectivity index (χ3v) is 4.06. The molecule has 3 rings (SSSR count). The van der Waals surface area contributed by atoms with Gasteiger partial charge in [-0.3, -0.25) is 9.36 Å². The molecule has 1 aliphatic heterocycles. The van der Waals surface area contributed by atoms with E-state index in [0.717, 1.165) is 12.8 Å². The topological polar surface area (TPSA) is 44.1 Å². The molecule has 5 heteroatoms. The van der Waals surface area contributed by atoms with E-state index in [1.54, 1.807) is 4.57 Å². The summed E-state index contributed by atoms with van der Waals surface area (Å²) in [4.78, 5) is 17.3. The summed E-state index contributed by atoms with van der Waals surface area (Å²) in [5, 5.41) is 0.653. The summed E-state index contributed by atoms with van der Waals surface area (Å²) in [7, 11) is 0. The second-order valence-corrected chi connectivity index (χ2v) is 5.48. The molecule has 2 atom stereocenters. The Morgan fingerprint density at radius 1 is 1.45 bits per heavy atom.